The molecule has 0 saturated carbocycles. The molecule has 4 unspecified atom stereocenters. The lowest BCUT2D eigenvalue weighted by molar-refractivity contribution is -0.108. The third-order valence-corrected chi connectivity index (χ3v) is 15.5. The maximum atomic E-state index is 14.1. The summed E-state index contributed by atoms with van der Waals surface area (Å²) in [4.78, 5) is 82.9. The molecule has 4 atom stereocenters. The second kappa shape index (κ2) is 27.3. The summed E-state index contributed by atoms with van der Waals surface area (Å²) in [7, 11) is 0. The van der Waals surface area contributed by atoms with Crippen LogP contribution in [0.1, 0.15) is 47.9 Å². The van der Waals surface area contributed by atoms with Crippen molar-refractivity contribution in [2.45, 2.75) is 42.9 Å². The van der Waals surface area contributed by atoms with Gasteiger partial charge < -0.3 is 82.1 Å². The number of carbonyl (C=O) groups excluding carboxylic acids is 6. The van der Waals surface area contributed by atoms with E-state index < -0.39 is 132 Å². The van der Waals surface area contributed by atoms with Gasteiger partial charge in [-0.3, -0.25) is 28.8 Å². The molecular weight excluding hydrogens is 1520 g/mol. The first-order valence-corrected chi connectivity index (χ1v) is 24.5. The number of primary amides is 2. The van der Waals surface area contributed by atoms with Gasteiger partial charge >= 0.3 is 0 Å². The molecular formula is C35H44I6N6O16. The molecule has 0 heterocycles. The minimum Gasteiger partial charge on any atom is -0.394 e. The van der Waals surface area contributed by atoms with Crippen molar-refractivity contribution in [3.63, 3.8) is 0 Å². The van der Waals surface area contributed by atoms with Crippen molar-refractivity contribution >= 4 is 183 Å². The van der Waals surface area contributed by atoms with Crippen LogP contribution in [0.25, 0.3) is 0 Å². The van der Waals surface area contributed by atoms with Crippen LogP contribution >= 0.6 is 136 Å². The second-order valence-electron chi connectivity index (χ2n) is 13.5. The fourth-order valence-electron chi connectivity index (χ4n) is 6.07. The van der Waals surface area contributed by atoms with Crippen molar-refractivity contribution in [3.8, 4) is 0 Å². The highest BCUT2D eigenvalue weighted by molar-refractivity contribution is 14.1. The van der Waals surface area contributed by atoms with Gasteiger partial charge in [-0.1, -0.05) is 0 Å². The minimum atomic E-state index is -1.58. The number of carbonyl (C=O) groups is 6. The fourth-order valence-corrected chi connectivity index (χ4v) is 15.6. The van der Waals surface area contributed by atoms with Crippen molar-refractivity contribution in [2.24, 2.45) is 11.5 Å². The largest absolute Gasteiger partial charge is 0.394 e. The normalized spacial score (nSPS) is 13.4. The summed E-state index contributed by atoms with van der Waals surface area (Å²) in [6.45, 7) is -6.91. The van der Waals surface area contributed by atoms with E-state index in [1.165, 1.54) is 0 Å². The van der Waals surface area contributed by atoms with E-state index >= 15 is 0 Å². The number of nitrogens with zero attached hydrogens (tertiary/aromatic N) is 4. The molecule has 0 bridgehead atoms. The maximum absolute atomic E-state index is 14.1. The molecule has 2 aromatic rings. The fraction of sp³-hybridized carbons (Fsp3) is 0.486. The lowest BCUT2D eigenvalue weighted by atomic mass is 10.0. The number of rotatable bonds is 26. The number of aliphatic hydroxyl groups is 10. The predicted molar refractivity (Wildman–Crippen MR) is 274 cm³/mol. The Labute approximate surface area is 441 Å². The Kier molecular flexibility index (Phi) is 25.3. The summed E-state index contributed by atoms with van der Waals surface area (Å²) >= 11 is 10.3. The minimum absolute atomic E-state index is 0.0119. The zero-order valence-electron chi connectivity index (χ0n) is 32.5. The van der Waals surface area contributed by atoms with Crippen LogP contribution in [-0.4, -0.2) is 200 Å². The highest BCUT2D eigenvalue weighted by Gasteiger charge is 2.37. The molecule has 2 aromatic carbocycles. The number of hydrogen-bond donors (Lipinski definition) is 12. The number of anilines is 2. The van der Waals surface area contributed by atoms with E-state index in [1.54, 1.807) is 136 Å². The van der Waals surface area contributed by atoms with Gasteiger partial charge in [0, 0.05) is 26.7 Å². The Bertz CT molecular complexity index is 1860. The zero-order chi connectivity index (χ0) is 48.2. The van der Waals surface area contributed by atoms with Crippen LogP contribution in [0.5, 0.6) is 0 Å². The summed E-state index contributed by atoms with van der Waals surface area (Å²) in [6, 6.07) is -2.54. The van der Waals surface area contributed by atoms with Gasteiger partial charge in [-0.25, -0.2) is 0 Å². The van der Waals surface area contributed by atoms with E-state index in [1.807, 2.05) is 0 Å². The van der Waals surface area contributed by atoms with Gasteiger partial charge in [0.05, 0.1) is 137 Å². The van der Waals surface area contributed by atoms with Gasteiger partial charge in [-0.05, 0) is 136 Å². The first kappa shape index (κ1) is 58.4. The van der Waals surface area contributed by atoms with Gasteiger partial charge in [0.1, 0.15) is 0 Å². The van der Waals surface area contributed by atoms with E-state index in [4.69, 9.17) is 11.5 Å². The standard InChI is InChI=1S/C35H44I6N6O16/c36-24-20(32(42)60)26(38)30(28(40)22(24)34(62)46(4-18(58)10-52)14(6-48)7-49)44(12-54)2-16(56)1-17(57)3-45(13-55)31-27(39)21(33(43)61)25(37)23(29(31)41)35(63)47(5-19(59)11-53)15(8-50)9-51/h12-19,48-53,56-59H,1-11H2,(H2,42,60)(H2,43,61). The molecule has 22 nitrogen and oxygen atoms in total. The number of aliphatic hydroxyl groups excluding tert-OH is 10. The van der Waals surface area contributed by atoms with Crippen LogP contribution < -0.4 is 21.3 Å². The molecule has 14 N–H and O–H groups in total. The Morgan fingerprint density at radius 2 is 0.746 bits per heavy atom. The Hall–Kier alpha value is -0.760. The molecule has 0 aliphatic carbocycles. The lowest BCUT2D eigenvalue weighted by Gasteiger charge is -2.33. The van der Waals surface area contributed by atoms with Crippen LogP contribution in [-0.2, 0) is 9.59 Å². The lowest BCUT2D eigenvalue weighted by Crippen LogP contribution is -2.49. The van der Waals surface area contributed by atoms with Crippen molar-refractivity contribution in [3.05, 3.63) is 43.7 Å². The van der Waals surface area contributed by atoms with E-state index in [0.717, 1.165) is 19.6 Å². The van der Waals surface area contributed by atoms with Crippen LogP contribution in [0.15, 0.2) is 0 Å². The van der Waals surface area contributed by atoms with Gasteiger partial charge in [-0.2, -0.15) is 0 Å². The topological polar surface area (TPSA) is 370 Å². The van der Waals surface area contributed by atoms with Crippen molar-refractivity contribution < 1.29 is 79.8 Å². The van der Waals surface area contributed by atoms with Gasteiger partial charge in [-0.15, -0.1) is 0 Å². The summed E-state index contributed by atoms with van der Waals surface area (Å²) in [5, 5.41) is 102. The molecule has 0 aliphatic rings. The molecule has 28 heteroatoms. The van der Waals surface area contributed by atoms with E-state index in [2.05, 4.69) is 0 Å². The third-order valence-electron chi connectivity index (χ3n) is 9.18. The SMILES string of the molecule is NC(=O)c1c(I)c(C(=O)N(CC(O)CO)C(CO)CO)c(I)c(N(C=O)CC(O)CC(O)CN(C=O)c2c(I)c(C(N)=O)c(I)c(C(=O)N(CC(O)CO)C(CO)CO)c2I)c1I. The van der Waals surface area contributed by atoms with E-state index in [9.17, 15) is 79.8 Å². The number of benzene rings is 2. The summed E-state index contributed by atoms with van der Waals surface area (Å²) < 4.78 is 0.248. The van der Waals surface area contributed by atoms with Crippen molar-refractivity contribution in [1.29, 1.82) is 0 Å². The first-order chi connectivity index (χ1) is 29.6. The first-order valence-electron chi connectivity index (χ1n) is 18.0. The van der Waals surface area contributed by atoms with Crippen molar-refractivity contribution in [1.82, 2.24) is 9.80 Å². The molecule has 0 fully saturated rings. The number of hydrogen-bond acceptors (Lipinski definition) is 16. The highest BCUT2D eigenvalue weighted by Crippen LogP contribution is 2.40. The van der Waals surface area contributed by atoms with E-state index in [-0.39, 0.29) is 67.9 Å². The summed E-state index contributed by atoms with van der Waals surface area (Å²) in [6.07, 6.45) is -6.15. The third kappa shape index (κ3) is 14.2. The molecule has 0 spiro atoms. The number of amides is 6. The number of halogens is 6. The summed E-state index contributed by atoms with van der Waals surface area (Å²) in [5.41, 5.74) is 10.4. The molecule has 6 amide bonds. The van der Waals surface area contributed by atoms with E-state index in [0.29, 0.717) is 0 Å². The molecule has 0 saturated heterocycles. The monoisotopic (exact) mass is 1570 g/mol. The summed E-state index contributed by atoms with van der Waals surface area (Å²) in [5.74, 6) is -3.89. The maximum Gasteiger partial charge on any atom is 0.256 e. The molecule has 0 radical (unpaired) electrons. The molecule has 0 aromatic heterocycles. The highest BCUT2D eigenvalue weighted by atomic mass is 127. The Morgan fingerprint density at radius 3 is 0.984 bits per heavy atom. The molecule has 352 valence electrons. The predicted octanol–water partition coefficient (Wildman–Crippen LogP) is -2.45. The van der Waals surface area contributed by atoms with Gasteiger partial charge in [0.15, 0.2) is 0 Å². The second-order valence-corrected chi connectivity index (χ2v) is 20.0. The van der Waals surface area contributed by atoms with Crippen LogP contribution in [0.3, 0.4) is 0 Å². The molecule has 63 heavy (non-hydrogen) atoms. The quantitative estimate of drug-likeness (QED) is 0.0344. The van der Waals surface area contributed by atoms with Crippen LogP contribution in [0.2, 0.25) is 0 Å². The number of nitrogens with two attached hydrogens (primary N) is 2. The average molecular weight is 1570 g/mol. The van der Waals surface area contributed by atoms with Gasteiger partial charge in [0.25, 0.3) is 23.6 Å². The smallest absolute Gasteiger partial charge is 0.256 e. The van der Waals surface area contributed by atoms with Gasteiger partial charge in [0.2, 0.25) is 12.8 Å². The Morgan fingerprint density at radius 1 is 0.460 bits per heavy atom. The average Bonchev–Trinajstić information content (AvgIpc) is 3.21. The zero-order valence-corrected chi connectivity index (χ0v) is 45.5. The molecule has 2 rings (SSSR count). The van der Waals surface area contributed by atoms with Crippen LogP contribution in [0, 0.1) is 21.4 Å². The van der Waals surface area contributed by atoms with Crippen molar-refractivity contribution in [2.75, 3.05) is 75.6 Å². The van der Waals surface area contributed by atoms with Crippen LogP contribution in [0.4, 0.5) is 11.4 Å². The molecule has 0 aliphatic heterocycles. The Balaban J connectivity index is 2.65.